The van der Waals surface area contributed by atoms with Crippen molar-refractivity contribution in [3.63, 3.8) is 0 Å². The maximum absolute atomic E-state index is 12.5. The van der Waals surface area contributed by atoms with Gasteiger partial charge in [0.1, 0.15) is 5.82 Å². The summed E-state index contributed by atoms with van der Waals surface area (Å²) in [6.07, 6.45) is 1.69. The summed E-state index contributed by atoms with van der Waals surface area (Å²) in [5.41, 5.74) is 4.01. The average molecular weight is 296 g/mol. The monoisotopic (exact) mass is 296 g/mol. The van der Waals surface area contributed by atoms with Crippen molar-refractivity contribution < 1.29 is 4.79 Å². The number of hydrogen-bond donors (Lipinski definition) is 2. The number of carbonyl (C=O) groups is 1. The fourth-order valence-corrected chi connectivity index (χ4v) is 2.62. The summed E-state index contributed by atoms with van der Waals surface area (Å²) < 4.78 is 1.79. The minimum absolute atomic E-state index is 0.123. The molecule has 1 aromatic carbocycles. The molecular weight excluding hydrogens is 276 g/mol. The molecule has 0 radical (unpaired) electrons. The van der Waals surface area contributed by atoms with E-state index in [9.17, 15) is 4.79 Å². The minimum atomic E-state index is -0.123. The van der Waals surface area contributed by atoms with Crippen molar-refractivity contribution in [3.05, 3.63) is 47.3 Å². The highest BCUT2D eigenvalue weighted by Crippen LogP contribution is 2.23. The zero-order chi connectivity index (χ0) is 15.9. The van der Waals surface area contributed by atoms with Gasteiger partial charge in [-0.2, -0.15) is 5.10 Å². The molecule has 0 aliphatic heterocycles. The van der Waals surface area contributed by atoms with E-state index < -0.39 is 0 Å². The van der Waals surface area contributed by atoms with Crippen LogP contribution in [0.4, 0.5) is 5.82 Å². The van der Waals surface area contributed by atoms with Gasteiger partial charge in [0, 0.05) is 34.3 Å². The fraction of sp³-hybridized carbons (Fsp3) is 0.294. The quantitative estimate of drug-likeness (QED) is 0.772. The number of hydrogen-bond acceptors (Lipinski definition) is 2. The van der Waals surface area contributed by atoms with Gasteiger partial charge in [-0.15, -0.1) is 0 Å². The van der Waals surface area contributed by atoms with Crippen LogP contribution in [-0.2, 0) is 0 Å². The fourth-order valence-electron chi connectivity index (χ4n) is 2.62. The van der Waals surface area contributed by atoms with E-state index in [2.05, 4.69) is 22.3 Å². The number of carbonyl (C=O) groups excluding carboxylic acids is 1. The largest absolute Gasteiger partial charge is 0.358 e. The summed E-state index contributed by atoms with van der Waals surface area (Å²) in [7, 11) is 0. The van der Waals surface area contributed by atoms with Crippen molar-refractivity contribution in [1.82, 2.24) is 14.8 Å². The summed E-state index contributed by atoms with van der Waals surface area (Å²) >= 11 is 0. The zero-order valence-corrected chi connectivity index (χ0v) is 13.3. The summed E-state index contributed by atoms with van der Waals surface area (Å²) in [5.74, 6) is 0.588. The molecule has 0 bridgehead atoms. The van der Waals surface area contributed by atoms with Gasteiger partial charge >= 0.3 is 0 Å². The van der Waals surface area contributed by atoms with Crippen LogP contribution in [0.5, 0.6) is 0 Å². The van der Waals surface area contributed by atoms with Gasteiger partial charge in [0.15, 0.2) is 0 Å². The van der Waals surface area contributed by atoms with Crippen LogP contribution < -0.4 is 5.32 Å². The predicted octanol–water partition coefficient (Wildman–Crippen LogP) is 3.81. The third kappa shape index (κ3) is 2.39. The van der Waals surface area contributed by atoms with Crippen LogP contribution in [0.2, 0.25) is 0 Å². The van der Waals surface area contributed by atoms with Crippen molar-refractivity contribution in [2.75, 3.05) is 5.32 Å². The molecule has 3 aromatic rings. The van der Waals surface area contributed by atoms with Crippen molar-refractivity contribution in [1.29, 1.82) is 0 Å². The molecule has 114 valence electrons. The van der Waals surface area contributed by atoms with Gasteiger partial charge in [0.05, 0.1) is 6.20 Å². The molecule has 22 heavy (non-hydrogen) atoms. The van der Waals surface area contributed by atoms with Crippen LogP contribution in [0.25, 0.3) is 10.9 Å². The first kappa shape index (κ1) is 14.4. The third-order valence-corrected chi connectivity index (χ3v) is 3.97. The molecular formula is C17H20N4O. The molecule has 0 spiro atoms. The lowest BCUT2D eigenvalue weighted by Crippen LogP contribution is -2.16. The Hall–Kier alpha value is -2.56. The number of aromatic nitrogens is 3. The highest BCUT2D eigenvalue weighted by molar-refractivity contribution is 6.06. The van der Waals surface area contributed by atoms with Gasteiger partial charge in [-0.05, 0) is 51.5 Å². The minimum Gasteiger partial charge on any atom is -0.358 e. The van der Waals surface area contributed by atoms with Gasteiger partial charge in [0.25, 0.3) is 5.91 Å². The van der Waals surface area contributed by atoms with E-state index in [1.54, 1.807) is 10.9 Å². The maximum Gasteiger partial charge on any atom is 0.256 e. The molecule has 5 heteroatoms. The topological polar surface area (TPSA) is 62.7 Å². The van der Waals surface area contributed by atoms with Gasteiger partial charge in [-0.1, -0.05) is 0 Å². The Morgan fingerprint density at radius 2 is 2.05 bits per heavy atom. The number of fused-ring (bicyclic) bond motifs is 1. The Morgan fingerprint density at radius 1 is 1.27 bits per heavy atom. The van der Waals surface area contributed by atoms with Crippen LogP contribution in [-0.4, -0.2) is 20.7 Å². The first-order valence-electron chi connectivity index (χ1n) is 7.41. The number of nitrogens with one attached hydrogen (secondary N) is 2. The Morgan fingerprint density at radius 3 is 2.77 bits per heavy atom. The number of aromatic amines is 1. The Bertz CT molecular complexity index is 842. The summed E-state index contributed by atoms with van der Waals surface area (Å²) in [6, 6.07) is 7.72. The van der Waals surface area contributed by atoms with Gasteiger partial charge < -0.3 is 10.3 Å². The Balaban J connectivity index is 1.92. The summed E-state index contributed by atoms with van der Waals surface area (Å²) in [6.45, 7) is 8.15. The van der Waals surface area contributed by atoms with Gasteiger partial charge in [-0.3, -0.25) is 4.79 Å². The second-order valence-corrected chi connectivity index (χ2v) is 5.84. The van der Waals surface area contributed by atoms with E-state index in [0.717, 1.165) is 16.6 Å². The molecule has 0 saturated carbocycles. The summed E-state index contributed by atoms with van der Waals surface area (Å²) in [4.78, 5) is 15.8. The van der Waals surface area contributed by atoms with Gasteiger partial charge in [-0.25, -0.2) is 4.68 Å². The first-order chi connectivity index (χ1) is 10.5. The van der Waals surface area contributed by atoms with E-state index in [0.29, 0.717) is 11.4 Å². The summed E-state index contributed by atoms with van der Waals surface area (Å²) in [5, 5.41) is 8.24. The number of rotatable bonds is 3. The molecule has 0 unspecified atom stereocenters. The first-order valence-corrected chi connectivity index (χ1v) is 7.41. The van der Waals surface area contributed by atoms with Crippen molar-refractivity contribution in [2.45, 2.75) is 33.7 Å². The molecule has 2 aromatic heterocycles. The van der Waals surface area contributed by atoms with Crippen LogP contribution >= 0.6 is 0 Å². The highest BCUT2D eigenvalue weighted by Gasteiger charge is 2.13. The predicted molar refractivity (Wildman–Crippen MR) is 88.3 cm³/mol. The van der Waals surface area contributed by atoms with E-state index >= 15 is 0 Å². The van der Waals surface area contributed by atoms with Crippen LogP contribution in [0, 0.1) is 13.8 Å². The number of H-pyrrole nitrogens is 1. The lowest BCUT2D eigenvalue weighted by Gasteiger charge is -2.11. The average Bonchev–Trinajstić information content (AvgIpc) is 3.04. The van der Waals surface area contributed by atoms with Crippen LogP contribution in [0.15, 0.2) is 30.5 Å². The molecule has 2 heterocycles. The molecule has 0 saturated heterocycles. The van der Waals surface area contributed by atoms with E-state index in [4.69, 9.17) is 0 Å². The zero-order valence-electron chi connectivity index (χ0n) is 13.3. The lowest BCUT2D eigenvalue weighted by molar-refractivity contribution is 0.102. The van der Waals surface area contributed by atoms with Crippen molar-refractivity contribution >= 4 is 22.6 Å². The number of benzene rings is 1. The molecule has 0 fully saturated rings. The van der Waals surface area contributed by atoms with Crippen molar-refractivity contribution in [2.24, 2.45) is 0 Å². The van der Waals surface area contributed by atoms with E-state index in [1.807, 2.05) is 45.0 Å². The van der Waals surface area contributed by atoms with Crippen LogP contribution in [0.1, 0.15) is 41.5 Å². The molecule has 3 rings (SSSR count). The molecule has 0 aliphatic rings. The smallest absolute Gasteiger partial charge is 0.256 e. The highest BCUT2D eigenvalue weighted by atomic mass is 16.1. The normalized spacial score (nSPS) is 11.3. The molecule has 5 nitrogen and oxygen atoms in total. The van der Waals surface area contributed by atoms with E-state index in [1.165, 1.54) is 5.56 Å². The SMILES string of the molecule is Cc1[nH]c2ccc(C(=O)Nc3ccnn3C(C)C)cc2c1C. The number of anilines is 1. The van der Waals surface area contributed by atoms with Gasteiger partial charge in [0.2, 0.25) is 0 Å². The molecule has 2 N–H and O–H groups in total. The second kappa shape index (κ2) is 5.33. The number of amides is 1. The standard InChI is InChI=1S/C17H20N4O/c1-10(2)21-16(7-8-18-21)20-17(22)13-5-6-15-14(9-13)11(3)12(4)19-15/h5-10,19H,1-4H3,(H,20,22). The molecule has 1 amide bonds. The Labute approximate surface area is 129 Å². The third-order valence-electron chi connectivity index (χ3n) is 3.97. The Kier molecular flexibility index (Phi) is 3.48. The second-order valence-electron chi connectivity index (χ2n) is 5.84. The van der Waals surface area contributed by atoms with Crippen LogP contribution in [0.3, 0.4) is 0 Å². The van der Waals surface area contributed by atoms with E-state index in [-0.39, 0.29) is 11.9 Å². The number of aryl methyl sites for hydroxylation is 2. The maximum atomic E-state index is 12.5. The molecule has 0 atom stereocenters. The number of nitrogens with zero attached hydrogens (tertiary/aromatic N) is 2. The lowest BCUT2D eigenvalue weighted by atomic mass is 10.1. The van der Waals surface area contributed by atoms with Crippen molar-refractivity contribution in [3.8, 4) is 0 Å². The molecule has 0 aliphatic carbocycles.